The molecule has 272 valence electrons. The van der Waals surface area contributed by atoms with Crippen LogP contribution in [0, 0.1) is 0 Å². The number of carbonyl (C=O) groups is 2. The van der Waals surface area contributed by atoms with Crippen molar-refractivity contribution >= 4 is 101 Å². The van der Waals surface area contributed by atoms with E-state index in [2.05, 4.69) is 66.4 Å². The van der Waals surface area contributed by atoms with Crippen LogP contribution in [0.2, 0.25) is 0 Å². The van der Waals surface area contributed by atoms with Crippen molar-refractivity contribution in [1.29, 1.82) is 0 Å². The molecule has 0 unspecified atom stereocenters. The fraction of sp³-hybridized carbons (Fsp3) is 0. The van der Waals surface area contributed by atoms with E-state index in [0.29, 0.717) is 40.0 Å². The van der Waals surface area contributed by atoms with E-state index in [4.69, 9.17) is 0 Å². The molecule has 10 rings (SSSR count). The van der Waals surface area contributed by atoms with Crippen LogP contribution in [0.3, 0.4) is 0 Å². The largest absolute Gasteiger partial charge is 0.324 e. The second kappa shape index (κ2) is 14.8. The lowest BCUT2D eigenvalue weighted by Gasteiger charge is -2.05. The number of hydrogen-bond donors (Lipinski definition) is 7. The smallest absolute Gasteiger partial charge is 0.257 e. The van der Waals surface area contributed by atoms with E-state index < -0.39 is 0 Å². The first-order chi connectivity index (χ1) is 27.5. The van der Waals surface area contributed by atoms with Gasteiger partial charge in [-0.25, -0.2) is 19.9 Å². The molecule has 0 spiro atoms. The molecular weight excluding hydrogens is 727 g/mol. The fourth-order valence-corrected chi connectivity index (χ4v) is 6.68. The van der Waals surface area contributed by atoms with E-state index in [9.17, 15) is 9.59 Å². The van der Waals surface area contributed by atoms with Crippen LogP contribution < -0.4 is 21.3 Å². The number of hydrogen-bond acceptors (Lipinski definition) is 11. The minimum absolute atomic E-state index is 0.197. The number of aromatic amines is 3. The lowest BCUT2D eigenvalue weighted by Crippen LogP contribution is -2.12. The van der Waals surface area contributed by atoms with Gasteiger partial charge in [-0.15, -0.1) is 11.3 Å². The molecule has 2 amide bonds. The molecule has 0 fully saturated rings. The van der Waals surface area contributed by atoms with Crippen LogP contribution in [0.5, 0.6) is 0 Å². The number of anilines is 6. The number of nitrogens with zero attached hydrogens (tertiary/aromatic N) is 6. The molecular formula is C40H29N13O2S. The molecule has 0 aliphatic carbocycles. The Kier molecular flexibility index (Phi) is 8.94. The fourth-order valence-electron chi connectivity index (χ4n) is 5.97. The van der Waals surface area contributed by atoms with E-state index in [0.717, 1.165) is 49.0 Å². The van der Waals surface area contributed by atoms with Gasteiger partial charge in [-0.2, -0.15) is 5.10 Å². The molecule has 0 radical (unpaired) electrons. The van der Waals surface area contributed by atoms with Crippen molar-refractivity contribution in [1.82, 2.24) is 45.1 Å². The van der Waals surface area contributed by atoms with Crippen molar-refractivity contribution in [3.05, 3.63) is 145 Å². The first kappa shape index (κ1) is 33.8. The Labute approximate surface area is 320 Å². The van der Waals surface area contributed by atoms with E-state index >= 15 is 0 Å². The summed E-state index contributed by atoms with van der Waals surface area (Å²) in [4.78, 5) is 53.4. The summed E-state index contributed by atoms with van der Waals surface area (Å²) < 4.78 is 1.03. The number of benzene rings is 4. The lowest BCUT2D eigenvalue weighted by molar-refractivity contribution is 0.101. The maximum absolute atomic E-state index is 12.9. The highest BCUT2D eigenvalue weighted by Crippen LogP contribution is 2.25. The highest BCUT2D eigenvalue weighted by Gasteiger charge is 2.15. The van der Waals surface area contributed by atoms with Crippen LogP contribution in [-0.4, -0.2) is 56.9 Å². The van der Waals surface area contributed by atoms with E-state index in [-0.39, 0.29) is 11.8 Å². The van der Waals surface area contributed by atoms with Gasteiger partial charge < -0.3 is 31.2 Å². The number of amides is 2. The number of rotatable bonds is 8. The van der Waals surface area contributed by atoms with Gasteiger partial charge in [0, 0.05) is 34.7 Å². The van der Waals surface area contributed by atoms with Gasteiger partial charge in [0.1, 0.15) is 11.3 Å². The average molecular weight is 756 g/mol. The number of imidazole rings is 2. The van der Waals surface area contributed by atoms with Crippen LogP contribution in [-0.2, 0) is 0 Å². The van der Waals surface area contributed by atoms with Gasteiger partial charge in [-0.05, 0) is 91.0 Å². The summed E-state index contributed by atoms with van der Waals surface area (Å²) in [6.45, 7) is 0. The monoisotopic (exact) mass is 755 g/mol. The van der Waals surface area contributed by atoms with Crippen LogP contribution >= 0.6 is 11.3 Å². The predicted octanol–water partition coefficient (Wildman–Crippen LogP) is 8.39. The minimum Gasteiger partial charge on any atom is -0.324 e. The van der Waals surface area contributed by atoms with Gasteiger partial charge in [-0.3, -0.25) is 19.7 Å². The molecule has 6 heterocycles. The normalized spacial score (nSPS) is 11.0. The van der Waals surface area contributed by atoms with Crippen LogP contribution in [0.4, 0.5) is 34.8 Å². The van der Waals surface area contributed by atoms with Crippen molar-refractivity contribution in [2.24, 2.45) is 0 Å². The predicted molar refractivity (Wildman–Crippen MR) is 219 cm³/mol. The number of carbonyl (C=O) groups excluding carboxylic acids is 2. The molecule has 56 heavy (non-hydrogen) atoms. The lowest BCUT2D eigenvalue weighted by atomic mass is 10.1. The third-order valence-corrected chi connectivity index (χ3v) is 9.42. The van der Waals surface area contributed by atoms with Crippen molar-refractivity contribution in [2.45, 2.75) is 0 Å². The third-order valence-electron chi connectivity index (χ3n) is 8.63. The molecule has 0 saturated carbocycles. The highest BCUT2D eigenvalue weighted by atomic mass is 32.1. The number of para-hydroxylation sites is 1. The Bertz CT molecular complexity index is 2990. The summed E-state index contributed by atoms with van der Waals surface area (Å²) in [5, 5.41) is 20.0. The molecule has 4 aromatic carbocycles. The Morgan fingerprint density at radius 3 is 2.38 bits per heavy atom. The SMILES string of the molecule is O=C(Nc1ccc2cn[nH]c2c1)c1ccc2nc(Nc3cccnc3)[nH]c2c1.O=C(Nc1ccc2ncsc2c1)c1cccc2[nH]c(Nc3ccccn3)nc12. The number of thiazole rings is 1. The summed E-state index contributed by atoms with van der Waals surface area (Å²) in [7, 11) is 0. The molecule has 15 nitrogen and oxygen atoms in total. The number of nitrogens with one attached hydrogen (secondary N) is 7. The molecule has 6 aromatic heterocycles. The van der Waals surface area contributed by atoms with Gasteiger partial charge in [0.2, 0.25) is 11.9 Å². The topological polar surface area (TPSA) is 207 Å². The quantitative estimate of drug-likeness (QED) is 0.0788. The van der Waals surface area contributed by atoms with Crippen LogP contribution in [0.25, 0.3) is 43.2 Å². The molecule has 0 saturated heterocycles. The van der Waals surface area contributed by atoms with E-state index in [1.165, 1.54) is 11.3 Å². The van der Waals surface area contributed by atoms with Gasteiger partial charge >= 0.3 is 0 Å². The molecule has 0 aliphatic heterocycles. The van der Waals surface area contributed by atoms with Crippen molar-refractivity contribution in [2.75, 3.05) is 21.3 Å². The minimum atomic E-state index is -0.217. The standard InChI is InChI=1S/C20H15N7O.C20H14N6OS/c28-19(23-14-5-3-13-10-22-27-17(13)9-14)12-4-6-16-18(8-12)26-20(25-16)24-15-2-1-7-21-11-15;27-19(23-12-7-8-14-16(10-12)28-11-22-14)13-4-3-5-15-18(13)26-20(24-15)25-17-6-1-2-9-21-17/h1-11H,(H,22,27)(H,23,28)(H2,24,25,26);1-11H,(H,23,27)(H2,21,24,25,26). The Morgan fingerprint density at radius 1 is 0.625 bits per heavy atom. The summed E-state index contributed by atoms with van der Waals surface area (Å²) >= 11 is 1.54. The summed E-state index contributed by atoms with van der Waals surface area (Å²) in [5.74, 6) is 1.37. The zero-order valence-corrected chi connectivity index (χ0v) is 29.9. The number of pyridine rings is 2. The molecule has 7 N–H and O–H groups in total. The summed E-state index contributed by atoms with van der Waals surface area (Å²) in [6.07, 6.45) is 6.86. The molecule has 16 heteroatoms. The number of aromatic nitrogens is 9. The van der Waals surface area contributed by atoms with Crippen molar-refractivity contribution < 1.29 is 9.59 Å². The van der Waals surface area contributed by atoms with Gasteiger partial charge in [0.05, 0.1) is 61.4 Å². The van der Waals surface area contributed by atoms with E-state index in [1.54, 1.807) is 48.5 Å². The third kappa shape index (κ3) is 7.30. The molecule has 10 aromatic rings. The summed E-state index contributed by atoms with van der Waals surface area (Å²) in [6, 6.07) is 31.4. The van der Waals surface area contributed by atoms with Crippen molar-refractivity contribution in [3.8, 4) is 0 Å². The maximum Gasteiger partial charge on any atom is 0.257 e. The Morgan fingerprint density at radius 2 is 1.48 bits per heavy atom. The Hall–Kier alpha value is -7.98. The summed E-state index contributed by atoms with van der Waals surface area (Å²) in [5.41, 5.74) is 9.75. The molecule has 0 aliphatic rings. The maximum atomic E-state index is 12.9. The van der Waals surface area contributed by atoms with E-state index in [1.807, 2.05) is 84.9 Å². The first-order valence-electron chi connectivity index (χ1n) is 17.2. The second-order valence-corrected chi connectivity index (χ2v) is 13.3. The van der Waals surface area contributed by atoms with Crippen LogP contribution in [0.1, 0.15) is 20.7 Å². The van der Waals surface area contributed by atoms with Gasteiger partial charge in [0.15, 0.2) is 0 Å². The highest BCUT2D eigenvalue weighted by molar-refractivity contribution is 7.16. The van der Waals surface area contributed by atoms with Crippen LogP contribution in [0.15, 0.2) is 133 Å². The number of fused-ring (bicyclic) bond motifs is 4. The van der Waals surface area contributed by atoms with Gasteiger partial charge in [-0.1, -0.05) is 12.1 Å². The first-order valence-corrected chi connectivity index (χ1v) is 18.1. The van der Waals surface area contributed by atoms with Crippen molar-refractivity contribution in [3.63, 3.8) is 0 Å². The number of H-pyrrole nitrogens is 3. The zero-order chi connectivity index (χ0) is 37.8. The molecule has 0 bridgehead atoms. The second-order valence-electron chi connectivity index (χ2n) is 12.4. The zero-order valence-electron chi connectivity index (χ0n) is 29.1. The van der Waals surface area contributed by atoms with Gasteiger partial charge in [0.25, 0.3) is 11.8 Å². The Balaban J connectivity index is 0.000000146. The molecule has 0 atom stereocenters. The average Bonchev–Trinajstić information content (AvgIpc) is 4.04.